The molecular formula is C26H21FN6O. The Morgan fingerprint density at radius 1 is 0.912 bits per heavy atom. The molecule has 8 heteroatoms. The first-order chi connectivity index (χ1) is 16.5. The highest BCUT2D eigenvalue weighted by Gasteiger charge is 2.10. The first kappa shape index (κ1) is 21.1. The standard InChI is InChI=1S/C26H21FN6O/c27-21-6-2-1-5-18(21)15-25(34)29-20-12-9-17(10-13-20)19-11-14-24-31-26(32-33(24)16-19)30-23-8-4-3-7-22(23)28/h1-14,16H,15,28H2,(H,29,34)(H,30,32). The number of nitrogens with one attached hydrogen (secondary N) is 2. The number of carbonyl (C=O) groups excluding carboxylic acids is 1. The Bertz CT molecular complexity index is 1480. The first-order valence-electron chi connectivity index (χ1n) is 10.7. The number of halogens is 1. The third-order valence-corrected chi connectivity index (χ3v) is 5.35. The van der Waals surface area contributed by atoms with Gasteiger partial charge in [0.2, 0.25) is 11.9 Å². The number of hydrogen-bond donors (Lipinski definition) is 3. The van der Waals surface area contributed by atoms with Gasteiger partial charge < -0.3 is 16.4 Å². The zero-order valence-corrected chi connectivity index (χ0v) is 18.1. The molecule has 0 atom stereocenters. The maximum Gasteiger partial charge on any atom is 0.247 e. The Hall–Kier alpha value is -4.72. The largest absolute Gasteiger partial charge is 0.397 e. The maximum absolute atomic E-state index is 13.8. The first-order valence-corrected chi connectivity index (χ1v) is 10.7. The number of nitrogens with two attached hydrogens (primary N) is 1. The molecule has 3 aromatic carbocycles. The molecule has 0 aliphatic carbocycles. The number of fused-ring (bicyclic) bond motifs is 1. The van der Waals surface area contributed by atoms with Gasteiger partial charge in [-0.2, -0.15) is 4.98 Å². The van der Waals surface area contributed by atoms with Crippen LogP contribution in [0.5, 0.6) is 0 Å². The monoisotopic (exact) mass is 452 g/mol. The van der Waals surface area contributed by atoms with Crippen molar-refractivity contribution in [3.63, 3.8) is 0 Å². The molecule has 0 fully saturated rings. The predicted octanol–water partition coefficient (Wildman–Crippen LogP) is 5.04. The summed E-state index contributed by atoms with van der Waals surface area (Å²) in [6.07, 6.45) is 1.86. The molecule has 2 heterocycles. The van der Waals surface area contributed by atoms with Crippen LogP contribution in [-0.2, 0) is 11.2 Å². The average molecular weight is 452 g/mol. The molecule has 0 saturated heterocycles. The van der Waals surface area contributed by atoms with E-state index in [1.807, 2.05) is 66.9 Å². The van der Waals surface area contributed by atoms with Crippen molar-refractivity contribution in [2.24, 2.45) is 0 Å². The van der Waals surface area contributed by atoms with Crippen LogP contribution in [0.4, 0.5) is 27.4 Å². The van der Waals surface area contributed by atoms with E-state index in [9.17, 15) is 9.18 Å². The van der Waals surface area contributed by atoms with Crippen LogP contribution in [0.3, 0.4) is 0 Å². The zero-order valence-electron chi connectivity index (χ0n) is 18.1. The molecule has 0 unspecified atom stereocenters. The number of anilines is 4. The van der Waals surface area contributed by atoms with Crippen molar-refractivity contribution >= 4 is 34.6 Å². The van der Waals surface area contributed by atoms with Crippen LogP contribution in [0.1, 0.15) is 5.56 Å². The molecule has 34 heavy (non-hydrogen) atoms. The number of rotatable bonds is 6. The number of amides is 1. The lowest BCUT2D eigenvalue weighted by Crippen LogP contribution is -2.15. The fraction of sp³-hybridized carbons (Fsp3) is 0.0385. The Kier molecular flexibility index (Phi) is 5.61. The van der Waals surface area contributed by atoms with E-state index in [-0.39, 0.29) is 18.1 Å². The van der Waals surface area contributed by atoms with E-state index < -0.39 is 0 Å². The van der Waals surface area contributed by atoms with Gasteiger partial charge in [0.05, 0.1) is 17.8 Å². The number of nitrogens with zero attached hydrogens (tertiary/aromatic N) is 3. The van der Waals surface area contributed by atoms with E-state index in [1.165, 1.54) is 6.07 Å². The highest BCUT2D eigenvalue weighted by atomic mass is 19.1. The Morgan fingerprint density at radius 2 is 1.65 bits per heavy atom. The van der Waals surface area contributed by atoms with E-state index in [4.69, 9.17) is 5.73 Å². The van der Waals surface area contributed by atoms with Gasteiger partial charge in [0.15, 0.2) is 5.65 Å². The second kappa shape index (κ2) is 9.03. The summed E-state index contributed by atoms with van der Waals surface area (Å²) in [5, 5.41) is 10.4. The van der Waals surface area contributed by atoms with Crippen molar-refractivity contribution in [3.05, 3.63) is 103 Å². The molecule has 5 aromatic rings. The number of carbonyl (C=O) groups is 1. The summed E-state index contributed by atoms with van der Waals surface area (Å²) in [4.78, 5) is 16.8. The molecular weight excluding hydrogens is 431 g/mol. The van der Waals surface area contributed by atoms with Crippen molar-refractivity contribution in [3.8, 4) is 11.1 Å². The van der Waals surface area contributed by atoms with Gasteiger partial charge in [-0.15, -0.1) is 5.10 Å². The fourth-order valence-electron chi connectivity index (χ4n) is 3.60. The van der Waals surface area contributed by atoms with E-state index in [2.05, 4.69) is 20.7 Å². The SMILES string of the molecule is Nc1ccccc1Nc1nc2ccc(-c3ccc(NC(=O)Cc4ccccc4F)cc3)cn2n1. The predicted molar refractivity (Wildman–Crippen MR) is 131 cm³/mol. The molecule has 7 nitrogen and oxygen atoms in total. The number of pyridine rings is 1. The molecule has 0 saturated carbocycles. The highest BCUT2D eigenvalue weighted by Crippen LogP contribution is 2.24. The van der Waals surface area contributed by atoms with Crippen molar-refractivity contribution < 1.29 is 9.18 Å². The number of hydrogen-bond acceptors (Lipinski definition) is 5. The minimum absolute atomic E-state index is 0.0254. The molecule has 0 spiro atoms. The Balaban J connectivity index is 1.29. The van der Waals surface area contributed by atoms with Gasteiger partial charge in [-0.05, 0) is 53.6 Å². The minimum Gasteiger partial charge on any atom is -0.397 e. The Morgan fingerprint density at radius 3 is 2.44 bits per heavy atom. The molecule has 0 radical (unpaired) electrons. The van der Waals surface area contributed by atoms with Crippen molar-refractivity contribution in [2.75, 3.05) is 16.4 Å². The van der Waals surface area contributed by atoms with Crippen molar-refractivity contribution in [1.82, 2.24) is 14.6 Å². The average Bonchev–Trinajstić information content (AvgIpc) is 3.24. The van der Waals surface area contributed by atoms with E-state index in [1.54, 1.807) is 22.7 Å². The molecule has 1 amide bonds. The summed E-state index contributed by atoms with van der Waals surface area (Å²) < 4.78 is 15.5. The van der Waals surface area contributed by atoms with Crippen LogP contribution in [0, 0.1) is 5.82 Å². The van der Waals surface area contributed by atoms with Crippen molar-refractivity contribution in [2.45, 2.75) is 6.42 Å². The van der Waals surface area contributed by atoms with Gasteiger partial charge in [0, 0.05) is 17.4 Å². The molecule has 0 bridgehead atoms. The summed E-state index contributed by atoms with van der Waals surface area (Å²) >= 11 is 0. The van der Waals surface area contributed by atoms with Gasteiger partial charge in [-0.1, -0.05) is 42.5 Å². The normalized spacial score (nSPS) is 10.9. The summed E-state index contributed by atoms with van der Waals surface area (Å²) in [7, 11) is 0. The number of benzene rings is 3. The smallest absolute Gasteiger partial charge is 0.247 e. The second-order valence-corrected chi connectivity index (χ2v) is 7.76. The topological polar surface area (TPSA) is 97.3 Å². The fourth-order valence-corrected chi connectivity index (χ4v) is 3.60. The summed E-state index contributed by atoms with van der Waals surface area (Å²) in [6, 6.07) is 25.0. The number of nitrogen functional groups attached to an aromatic ring is 1. The lowest BCUT2D eigenvalue weighted by atomic mass is 10.1. The quantitative estimate of drug-likeness (QED) is 0.314. The maximum atomic E-state index is 13.8. The van der Waals surface area contributed by atoms with Crippen LogP contribution in [0.25, 0.3) is 16.8 Å². The lowest BCUT2D eigenvalue weighted by Gasteiger charge is -2.08. The van der Waals surface area contributed by atoms with Crippen LogP contribution < -0.4 is 16.4 Å². The van der Waals surface area contributed by atoms with Crippen molar-refractivity contribution in [1.29, 1.82) is 0 Å². The van der Waals surface area contributed by atoms with Gasteiger partial charge in [0.1, 0.15) is 5.82 Å². The molecule has 0 aliphatic heterocycles. The summed E-state index contributed by atoms with van der Waals surface area (Å²) in [5.74, 6) is -0.217. The number of para-hydroxylation sites is 2. The molecule has 168 valence electrons. The second-order valence-electron chi connectivity index (χ2n) is 7.76. The van der Waals surface area contributed by atoms with E-state index >= 15 is 0 Å². The number of aromatic nitrogens is 3. The van der Waals surface area contributed by atoms with Gasteiger partial charge >= 0.3 is 0 Å². The highest BCUT2D eigenvalue weighted by molar-refractivity contribution is 5.92. The van der Waals surface area contributed by atoms with E-state index in [0.717, 1.165) is 16.8 Å². The van der Waals surface area contributed by atoms with Crippen LogP contribution >= 0.6 is 0 Å². The van der Waals surface area contributed by atoms with Gasteiger partial charge in [-0.3, -0.25) is 4.79 Å². The van der Waals surface area contributed by atoms with Crippen LogP contribution in [-0.4, -0.2) is 20.5 Å². The van der Waals surface area contributed by atoms with Crippen LogP contribution in [0.15, 0.2) is 91.1 Å². The molecule has 5 rings (SSSR count). The van der Waals surface area contributed by atoms with Gasteiger partial charge in [0.25, 0.3) is 0 Å². The minimum atomic E-state index is -0.387. The Labute approximate surface area is 195 Å². The lowest BCUT2D eigenvalue weighted by molar-refractivity contribution is -0.115. The third kappa shape index (κ3) is 4.56. The third-order valence-electron chi connectivity index (χ3n) is 5.35. The molecule has 4 N–H and O–H groups in total. The van der Waals surface area contributed by atoms with E-state index in [0.29, 0.717) is 28.5 Å². The molecule has 0 aliphatic rings. The zero-order chi connectivity index (χ0) is 23.5. The summed E-state index contributed by atoms with van der Waals surface area (Å²) in [5.41, 5.74) is 10.9. The van der Waals surface area contributed by atoms with Gasteiger partial charge in [-0.25, -0.2) is 8.91 Å². The summed E-state index contributed by atoms with van der Waals surface area (Å²) in [6.45, 7) is 0. The van der Waals surface area contributed by atoms with Crippen LogP contribution in [0.2, 0.25) is 0 Å². The molecule has 2 aromatic heterocycles.